The second-order valence-corrected chi connectivity index (χ2v) is 6.90. The van der Waals surface area contributed by atoms with E-state index in [9.17, 15) is 14.7 Å². The Hall–Kier alpha value is -0.630. The molecule has 0 radical (unpaired) electrons. The Kier molecular flexibility index (Phi) is 5.42. The smallest absolute Gasteiger partial charge is 0.326 e. The maximum atomic E-state index is 12.7. The van der Waals surface area contributed by atoms with Gasteiger partial charge in [-0.25, -0.2) is 4.79 Å². The van der Waals surface area contributed by atoms with Crippen molar-refractivity contribution in [3.05, 3.63) is 31.8 Å². The molecule has 1 heterocycles. The van der Waals surface area contributed by atoms with E-state index in [1.165, 1.54) is 4.90 Å². The lowest BCUT2D eigenvalue weighted by atomic mass is 10.1. The van der Waals surface area contributed by atoms with Crippen molar-refractivity contribution in [1.29, 1.82) is 0 Å². The molecule has 0 saturated carbocycles. The van der Waals surface area contributed by atoms with Crippen LogP contribution in [0.25, 0.3) is 0 Å². The largest absolute Gasteiger partial charge is 0.480 e. The number of nitrogens with zero attached hydrogens (tertiary/aromatic N) is 1. The Balaban J connectivity index is 2.33. The molecule has 0 aliphatic carbocycles. The van der Waals surface area contributed by atoms with Gasteiger partial charge in [0.1, 0.15) is 6.04 Å². The molecule has 20 heavy (non-hydrogen) atoms. The monoisotopic (exact) mass is 451 g/mol. The third-order valence-electron chi connectivity index (χ3n) is 3.46. The van der Waals surface area contributed by atoms with Crippen molar-refractivity contribution >= 4 is 50.4 Å². The number of carbonyl (C=O) groups is 2. The van der Waals surface area contributed by atoms with Gasteiger partial charge in [0.25, 0.3) is 5.91 Å². The molecule has 1 aliphatic rings. The summed E-state index contributed by atoms with van der Waals surface area (Å²) < 4.78 is 1.66. The van der Waals surface area contributed by atoms with E-state index in [1.807, 2.05) is 12.1 Å². The molecule has 1 fully saturated rings. The summed E-state index contributed by atoms with van der Waals surface area (Å²) in [5.41, 5.74) is 0.563. The minimum Gasteiger partial charge on any atom is -0.480 e. The zero-order chi connectivity index (χ0) is 14.7. The normalized spacial score (nSPS) is 19.5. The van der Waals surface area contributed by atoms with Gasteiger partial charge < -0.3 is 10.0 Å². The molecule has 0 aromatic heterocycles. The molecule has 4 nitrogen and oxygen atoms in total. The third-order valence-corrected chi connectivity index (χ3v) is 4.89. The van der Waals surface area contributed by atoms with Crippen LogP contribution in [0.15, 0.2) is 22.7 Å². The highest BCUT2D eigenvalue weighted by Crippen LogP contribution is 2.24. The van der Waals surface area contributed by atoms with Crippen LogP contribution in [0.4, 0.5) is 0 Å². The molecule has 1 aliphatic heterocycles. The minimum atomic E-state index is -0.912. The van der Waals surface area contributed by atoms with E-state index in [0.29, 0.717) is 18.5 Å². The van der Waals surface area contributed by atoms with Crippen LogP contribution < -0.4 is 0 Å². The lowest BCUT2D eigenvalue weighted by molar-refractivity contribution is -0.142. The number of rotatable bonds is 2. The SMILES string of the molecule is O=C(O)C1CCCCCN1C(=O)c1cc(Br)ccc1I. The van der Waals surface area contributed by atoms with E-state index >= 15 is 0 Å². The van der Waals surface area contributed by atoms with Crippen molar-refractivity contribution in [2.75, 3.05) is 6.54 Å². The van der Waals surface area contributed by atoms with Crippen molar-refractivity contribution in [3.63, 3.8) is 0 Å². The topological polar surface area (TPSA) is 57.6 Å². The molecule has 6 heteroatoms. The average molecular weight is 452 g/mol. The number of benzene rings is 1. The van der Waals surface area contributed by atoms with Crippen LogP contribution in [0.3, 0.4) is 0 Å². The number of carboxylic acids is 1. The van der Waals surface area contributed by atoms with E-state index in [4.69, 9.17) is 0 Å². The number of hydrogen-bond acceptors (Lipinski definition) is 2. The van der Waals surface area contributed by atoms with Crippen LogP contribution in [-0.2, 0) is 4.79 Å². The second kappa shape index (κ2) is 6.89. The highest BCUT2D eigenvalue weighted by atomic mass is 127. The Morgan fingerprint density at radius 2 is 2.05 bits per heavy atom. The summed E-state index contributed by atoms with van der Waals surface area (Å²) in [6, 6.07) is 4.77. The molecule has 1 saturated heterocycles. The molecule has 1 aromatic rings. The summed E-state index contributed by atoms with van der Waals surface area (Å²) >= 11 is 5.46. The molecule has 1 aromatic carbocycles. The quantitative estimate of drug-likeness (QED) is 0.700. The molecule has 0 spiro atoms. The van der Waals surface area contributed by atoms with Gasteiger partial charge in [-0.1, -0.05) is 28.8 Å². The Morgan fingerprint density at radius 3 is 2.75 bits per heavy atom. The van der Waals surface area contributed by atoms with Crippen LogP contribution in [0, 0.1) is 3.57 Å². The van der Waals surface area contributed by atoms with Crippen LogP contribution in [0.2, 0.25) is 0 Å². The zero-order valence-corrected chi connectivity index (χ0v) is 14.6. The highest BCUT2D eigenvalue weighted by molar-refractivity contribution is 14.1. The molecule has 2 rings (SSSR count). The standard InChI is InChI=1S/C14H15BrINO3/c15-9-5-6-11(16)10(8-9)13(18)17-7-3-1-2-4-12(17)14(19)20/h5-6,8,12H,1-4,7H2,(H,19,20). The summed E-state index contributed by atoms with van der Waals surface area (Å²) in [5, 5.41) is 9.35. The lowest BCUT2D eigenvalue weighted by Gasteiger charge is -2.27. The van der Waals surface area contributed by atoms with Gasteiger partial charge >= 0.3 is 5.97 Å². The van der Waals surface area contributed by atoms with Crippen LogP contribution in [0.5, 0.6) is 0 Å². The number of carboxylic acid groups (broad SMARTS) is 1. The maximum Gasteiger partial charge on any atom is 0.326 e. The van der Waals surface area contributed by atoms with Gasteiger partial charge in [-0.15, -0.1) is 0 Å². The fourth-order valence-electron chi connectivity index (χ4n) is 2.42. The Labute approximate surface area is 139 Å². The van der Waals surface area contributed by atoms with Gasteiger partial charge in [0, 0.05) is 14.6 Å². The zero-order valence-electron chi connectivity index (χ0n) is 10.8. The first-order chi connectivity index (χ1) is 9.50. The van der Waals surface area contributed by atoms with Gasteiger partial charge in [-0.05, 0) is 53.6 Å². The van der Waals surface area contributed by atoms with Gasteiger partial charge in [-0.3, -0.25) is 4.79 Å². The summed E-state index contributed by atoms with van der Waals surface area (Å²) in [5.74, 6) is -1.10. The first-order valence-corrected chi connectivity index (χ1v) is 8.36. The predicted octanol–water partition coefficient (Wildman–Crippen LogP) is 3.52. The fraction of sp³-hybridized carbons (Fsp3) is 0.429. The van der Waals surface area contributed by atoms with Crippen molar-refractivity contribution in [2.45, 2.75) is 31.7 Å². The lowest BCUT2D eigenvalue weighted by Crippen LogP contribution is -2.44. The molecule has 1 unspecified atom stereocenters. The molecule has 1 atom stereocenters. The predicted molar refractivity (Wildman–Crippen MR) is 87.8 cm³/mol. The number of carbonyl (C=O) groups excluding carboxylic acids is 1. The molecular weight excluding hydrogens is 437 g/mol. The third kappa shape index (κ3) is 3.52. The van der Waals surface area contributed by atoms with E-state index in [2.05, 4.69) is 38.5 Å². The highest BCUT2D eigenvalue weighted by Gasteiger charge is 2.32. The minimum absolute atomic E-state index is 0.190. The molecule has 1 N–H and O–H groups in total. The van der Waals surface area contributed by atoms with Crippen molar-refractivity contribution in [2.24, 2.45) is 0 Å². The molecule has 0 bridgehead atoms. The number of likely N-dealkylation sites (tertiary alicyclic amines) is 1. The van der Waals surface area contributed by atoms with Crippen LogP contribution in [-0.4, -0.2) is 34.5 Å². The van der Waals surface area contributed by atoms with Crippen LogP contribution >= 0.6 is 38.5 Å². The first-order valence-electron chi connectivity index (χ1n) is 6.49. The van der Waals surface area contributed by atoms with Crippen molar-refractivity contribution < 1.29 is 14.7 Å². The van der Waals surface area contributed by atoms with E-state index in [-0.39, 0.29) is 5.91 Å². The summed E-state index contributed by atoms with van der Waals surface area (Å²) in [6.07, 6.45) is 3.23. The summed E-state index contributed by atoms with van der Waals surface area (Å²) in [6.45, 7) is 0.512. The maximum absolute atomic E-state index is 12.7. The van der Waals surface area contributed by atoms with Gasteiger partial charge in [-0.2, -0.15) is 0 Å². The Bertz CT molecular complexity index is 535. The second-order valence-electron chi connectivity index (χ2n) is 4.83. The van der Waals surface area contributed by atoms with Crippen LogP contribution in [0.1, 0.15) is 36.0 Å². The Morgan fingerprint density at radius 1 is 1.30 bits per heavy atom. The molecule has 108 valence electrons. The summed E-state index contributed by atoms with van der Waals surface area (Å²) in [4.78, 5) is 25.6. The molecule has 1 amide bonds. The van der Waals surface area contributed by atoms with Crippen molar-refractivity contribution in [1.82, 2.24) is 4.90 Å². The number of amides is 1. The van der Waals surface area contributed by atoms with Gasteiger partial charge in [0.2, 0.25) is 0 Å². The van der Waals surface area contributed by atoms with E-state index in [0.717, 1.165) is 27.3 Å². The van der Waals surface area contributed by atoms with E-state index in [1.54, 1.807) is 6.07 Å². The van der Waals surface area contributed by atoms with E-state index < -0.39 is 12.0 Å². The number of halogens is 2. The average Bonchev–Trinajstić information content (AvgIpc) is 2.66. The van der Waals surface area contributed by atoms with Gasteiger partial charge in [0.15, 0.2) is 0 Å². The number of aliphatic carboxylic acids is 1. The molecular formula is C14H15BrINO3. The van der Waals surface area contributed by atoms with Gasteiger partial charge in [0.05, 0.1) is 5.56 Å². The number of hydrogen-bond donors (Lipinski definition) is 1. The van der Waals surface area contributed by atoms with Crippen molar-refractivity contribution in [3.8, 4) is 0 Å². The fourth-order valence-corrected chi connectivity index (χ4v) is 3.35. The summed E-state index contributed by atoms with van der Waals surface area (Å²) in [7, 11) is 0. The first kappa shape index (κ1) is 15.8.